The number of alkyl halides is 3. The van der Waals surface area contributed by atoms with Crippen LogP contribution in [0, 0.1) is 0 Å². The number of fused-ring (bicyclic) bond motifs is 1. The van der Waals surface area contributed by atoms with E-state index < -0.39 is 11.7 Å². The molecule has 0 saturated heterocycles. The fourth-order valence-electron chi connectivity index (χ4n) is 3.20. The number of nitrogens with zero attached hydrogens (tertiary/aromatic N) is 1. The average molecular weight is 382 g/mol. The first kappa shape index (κ1) is 18.1. The van der Waals surface area contributed by atoms with Crippen molar-refractivity contribution < 1.29 is 17.9 Å². The van der Waals surface area contributed by atoms with Crippen molar-refractivity contribution in [3.05, 3.63) is 95.6 Å². The number of rotatable bonds is 3. The van der Waals surface area contributed by atoms with Gasteiger partial charge in [-0.05, 0) is 29.8 Å². The third kappa shape index (κ3) is 3.71. The van der Waals surface area contributed by atoms with Crippen LogP contribution in [0.1, 0.15) is 29.2 Å². The molecule has 1 heterocycles. The highest BCUT2D eigenvalue weighted by molar-refractivity contribution is 6.04. The molecule has 1 aliphatic rings. The summed E-state index contributed by atoms with van der Waals surface area (Å²) in [5, 5.41) is 4.33. The number of ether oxygens (including phenoxy) is 1. The predicted octanol–water partition coefficient (Wildman–Crippen LogP) is 6.05. The Labute approximate surface area is 160 Å². The van der Waals surface area contributed by atoms with E-state index in [1.54, 1.807) is 6.07 Å². The molecule has 1 atom stereocenters. The Morgan fingerprint density at radius 1 is 0.857 bits per heavy atom. The highest BCUT2D eigenvalue weighted by Crippen LogP contribution is 2.37. The van der Waals surface area contributed by atoms with Crippen molar-refractivity contribution in [2.45, 2.75) is 18.7 Å². The second kappa shape index (κ2) is 7.38. The lowest BCUT2D eigenvalue weighted by Crippen LogP contribution is -2.22. The number of halogens is 3. The van der Waals surface area contributed by atoms with E-state index in [9.17, 15) is 13.2 Å². The third-order valence-electron chi connectivity index (χ3n) is 4.56. The lowest BCUT2D eigenvalue weighted by molar-refractivity contribution is -0.136. The maximum absolute atomic E-state index is 13.2. The summed E-state index contributed by atoms with van der Waals surface area (Å²) in [6.07, 6.45) is -4.26. The van der Waals surface area contributed by atoms with E-state index in [2.05, 4.69) is 10.5 Å². The molecule has 1 N–H and O–H groups in total. The molecule has 0 aromatic heterocycles. The summed E-state index contributed by atoms with van der Waals surface area (Å²) in [7, 11) is 0. The molecule has 0 radical (unpaired) electrons. The fourth-order valence-corrected chi connectivity index (χ4v) is 3.20. The van der Waals surface area contributed by atoms with Crippen LogP contribution in [0.4, 0.5) is 18.9 Å². The Hall–Kier alpha value is -3.28. The van der Waals surface area contributed by atoms with Crippen LogP contribution < -0.4 is 10.2 Å². The van der Waals surface area contributed by atoms with E-state index in [-0.39, 0.29) is 11.8 Å². The number of hydrazone groups is 1. The van der Waals surface area contributed by atoms with Crippen LogP contribution in [0.5, 0.6) is 5.75 Å². The van der Waals surface area contributed by atoms with Crippen molar-refractivity contribution in [2.24, 2.45) is 5.10 Å². The van der Waals surface area contributed by atoms with E-state index in [1.807, 2.05) is 54.6 Å². The van der Waals surface area contributed by atoms with Gasteiger partial charge in [0.15, 0.2) is 0 Å². The van der Waals surface area contributed by atoms with E-state index in [0.717, 1.165) is 17.2 Å². The first-order valence-electron chi connectivity index (χ1n) is 8.82. The maximum atomic E-state index is 13.2. The van der Waals surface area contributed by atoms with Gasteiger partial charge in [-0.15, -0.1) is 0 Å². The van der Waals surface area contributed by atoms with E-state index in [0.29, 0.717) is 17.9 Å². The van der Waals surface area contributed by atoms with Crippen molar-refractivity contribution in [3.63, 3.8) is 0 Å². The van der Waals surface area contributed by atoms with Crippen LogP contribution in [0.3, 0.4) is 0 Å². The van der Waals surface area contributed by atoms with E-state index in [4.69, 9.17) is 4.74 Å². The zero-order valence-corrected chi connectivity index (χ0v) is 14.8. The van der Waals surface area contributed by atoms with Crippen molar-refractivity contribution in [1.82, 2.24) is 0 Å². The van der Waals surface area contributed by atoms with Gasteiger partial charge in [-0.25, -0.2) is 0 Å². The van der Waals surface area contributed by atoms with Crippen LogP contribution in [0.2, 0.25) is 0 Å². The fraction of sp³-hybridized carbons (Fsp3) is 0.136. The highest BCUT2D eigenvalue weighted by atomic mass is 19.4. The predicted molar refractivity (Wildman–Crippen MR) is 102 cm³/mol. The number of anilines is 1. The zero-order valence-electron chi connectivity index (χ0n) is 14.8. The van der Waals surface area contributed by atoms with Crippen molar-refractivity contribution in [2.75, 3.05) is 5.43 Å². The molecule has 142 valence electrons. The summed E-state index contributed by atoms with van der Waals surface area (Å²) in [6.45, 7) is 0. The van der Waals surface area contributed by atoms with Crippen molar-refractivity contribution >= 4 is 11.4 Å². The number of para-hydroxylation sites is 2. The normalized spacial score (nSPS) is 17.7. The summed E-state index contributed by atoms with van der Waals surface area (Å²) in [5.74, 6) is 0.659. The lowest BCUT2D eigenvalue weighted by atomic mass is 9.96. The van der Waals surface area contributed by atoms with Gasteiger partial charge < -0.3 is 4.74 Å². The van der Waals surface area contributed by atoms with Gasteiger partial charge in [-0.3, -0.25) is 5.43 Å². The van der Waals surface area contributed by atoms with Gasteiger partial charge in [0.2, 0.25) is 0 Å². The molecule has 1 aliphatic heterocycles. The second-order valence-electron chi connectivity index (χ2n) is 6.43. The molecular weight excluding hydrogens is 365 g/mol. The standard InChI is InChI=1S/C22H17F3N2O/c23-22(24,25)17-11-5-6-12-18(17)26-27-19-14-21(15-8-2-1-3-9-15)28-20-13-7-4-10-16(19)20/h1-13,21,26H,14H2. The van der Waals surface area contributed by atoms with Gasteiger partial charge >= 0.3 is 6.18 Å². The Morgan fingerprint density at radius 3 is 2.32 bits per heavy atom. The van der Waals surface area contributed by atoms with Crippen LogP contribution in [-0.4, -0.2) is 5.71 Å². The molecule has 0 saturated carbocycles. The number of hydrogen-bond acceptors (Lipinski definition) is 3. The van der Waals surface area contributed by atoms with E-state index in [1.165, 1.54) is 12.1 Å². The molecule has 0 aliphatic carbocycles. The van der Waals surface area contributed by atoms with Crippen LogP contribution in [0.15, 0.2) is 84.0 Å². The third-order valence-corrected chi connectivity index (χ3v) is 4.56. The summed E-state index contributed by atoms with van der Waals surface area (Å²) >= 11 is 0. The molecule has 1 unspecified atom stereocenters. The second-order valence-corrected chi connectivity index (χ2v) is 6.43. The number of hydrogen-bond donors (Lipinski definition) is 1. The van der Waals surface area contributed by atoms with Crippen LogP contribution in [0.25, 0.3) is 0 Å². The van der Waals surface area contributed by atoms with Crippen LogP contribution >= 0.6 is 0 Å². The molecule has 0 fully saturated rings. The molecule has 3 aromatic rings. The Balaban J connectivity index is 1.68. The first-order chi connectivity index (χ1) is 13.5. The summed E-state index contributed by atoms with van der Waals surface area (Å²) in [5.41, 5.74) is 4.19. The van der Waals surface area contributed by atoms with Gasteiger partial charge in [0.25, 0.3) is 0 Å². The zero-order chi connectivity index (χ0) is 19.6. The largest absolute Gasteiger partial charge is 0.485 e. The summed E-state index contributed by atoms with van der Waals surface area (Å²) < 4.78 is 45.8. The quantitative estimate of drug-likeness (QED) is 0.560. The molecule has 6 heteroatoms. The molecule has 3 nitrogen and oxygen atoms in total. The molecule has 3 aromatic carbocycles. The Morgan fingerprint density at radius 2 is 1.54 bits per heavy atom. The molecule has 0 bridgehead atoms. The minimum Gasteiger partial charge on any atom is -0.485 e. The van der Waals surface area contributed by atoms with Gasteiger partial charge in [0.05, 0.1) is 17.0 Å². The van der Waals surface area contributed by atoms with Crippen molar-refractivity contribution in [1.29, 1.82) is 0 Å². The maximum Gasteiger partial charge on any atom is 0.418 e. The molecule has 28 heavy (non-hydrogen) atoms. The van der Waals surface area contributed by atoms with Gasteiger partial charge in [0, 0.05) is 12.0 Å². The first-order valence-corrected chi connectivity index (χ1v) is 8.82. The van der Waals surface area contributed by atoms with Gasteiger partial charge in [-0.2, -0.15) is 18.3 Å². The minimum atomic E-state index is -4.45. The number of benzene rings is 3. The monoisotopic (exact) mass is 382 g/mol. The molecular formula is C22H17F3N2O. The van der Waals surface area contributed by atoms with Crippen molar-refractivity contribution in [3.8, 4) is 5.75 Å². The van der Waals surface area contributed by atoms with Crippen LogP contribution in [-0.2, 0) is 6.18 Å². The summed E-state index contributed by atoms with van der Waals surface area (Å²) in [4.78, 5) is 0. The summed E-state index contributed by atoms with van der Waals surface area (Å²) in [6, 6.07) is 22.4. The average Bonchev–Trinajstić information content (AvgIpc) is 2.72. The molecule has 0 spiro atoms. The Bertz CT molecular complexity index is 1000. The highest BCUT2D eigenvalue weighted by Gasteiger charge is 2.33. The Kier molecular flexibility index (Phi) is 4.77. The van der Waals surface area contributed by atoms with Gasteiger partial charge in [0.1, 0.15) is 11.9 Å². The smallest absolute Gasteiger partial charge is 0.418 e. The topological polar surface area (TPSA) is 33.6 Å². The minimum absolute atomic E-state index is 0.0808. The number of nitrogens with one attached hydrogen (secondary N) is 1. The van der Waals surface area contributed by atoms with E-state index >= 15 is 0 Å². The van der Waals surface area contributed by atoms with Gasteiger partial charge in [-0.1, -0.05) is 54.6 Å². The molecule has 4 rings (SSSR count). The lowest BCUT2D eigenvalue weighted by Gasteiger charge is -2.27. The SMILES string of the molecule is FC(F)(F)c1ccccc1NN=C1CC(c2ccccc2)Oc2ccccc21. The molecule has 0 amide bonds.